The molecule has 180 valence electrons. The third-order valence-corrected chi connectivity index (χ3v) is 6.05. The highest BCUT2D eigenvalue weighted by molar-refractivity contribution is 5.98. The van der Waals surface area contributed by atoms with E-state index in [4.69, 9.17) is 10.5 Å². The van der Waals surface area contributed by atoms with Gasteiger partial charge in [-0.05, 0) is 82.3 Å². The second kappa shape index (κ2) is 9.49. The van der Waals surface area contributed by atoms with Crippen LogP contribution in [-0.2, 0) is 4.74 Å². The molecular formula is C27H33FN4O2. The lowest BCUT2D eigenvalue weighted by atomic mass is 9.96. The van der Waals surface area contributed by atoms with Crippen LogP contribution in [-0.4, -0.2) is 40.7 Å². The molecule has 1 amide bonds. The summed E-state index contributed by atoms with van der Waals surface area (Å²) in [4.78, 5) is 18.8. The summed E-state index contributed by atoms with van der Waals surface area (Å²) in [7, 11) is 0. The fourth-order valence-corrected chi connectivity index (χ4v) is 4.51. The summed E-state index contributed by atoms with van der Waals surface area (Å²) < 4.78 is 20.4. The second-order valence-electron chi connectivity index (χ2n) is 10.0. The molecule has 2 heterocycles. The molecule has 3 aromatic rings. The minimum atomic E-state index is -0.543. The molecule has 6 nitrogen and oxygen atoms in total. The van der Waals surface area contributed by atoms with Crippen LogP contribution in [0.25, 0.3) is 21.9 Å². The Balaban J connectivity index is 1.70. The molecule has 0 aliphatic carbocycles. The van der Waals surface area contributed by atoms with Crippen molar-refractivity contribution >= 4 is 28.4 Å². The number of nitrogens with one attached hydrogen (secondary N) is 1. The zero-order valence-electron chi connectivity index (χ0n) is 20.3. The number of hydrogen-bond acceptors (Lipinski definition) is 5. The van der Waals surface area contributed by atoms with E-state index in [0.29, 0.717) is 24.5 Å². The van der Waals surface area contributed by atoms with Gasteiger partial charge in [-0.15, -0.1) is 0 Å². The van der Waals surface area contributed by atoms with E-state index in [1.54, 1.807) is 17.2 Å². The number of aryl methyl sites for hydroxylation is 1. The summed E-state index contributed by atoms with van der Waals surface area (Å²) in [5.74, 6) is 0.154. The van der Waals surface area contributed by atoms with E-state index in [9.17, 15) is 9.18 Å². The molecule has 0 saturated carbocycles. The number of hydrogen-bond donors (Lipinski definition) is 2. The number of rotatable bonds is 3. The lowest BCUT2D eigenvalue weighted by Gasteiger charge is -2.29. The molecule has 0 bridgehead atoms. The number of likely N-dealkylation sites (tertiary alicyclic amines) is 1. The average molecular weight is 465 g/mol. The molecule has 1 aliphatic heterocycles. The number of pyridine rings is 1. The number of amides is 1. The Bertz CT molecular complexity index is 1180. The molecule has 0 spiro atoms. The van der Waals surface area contributed by atoms with Gasteiger partial charge in [0.05, 0.1) is 0 Å². The van der Waals surface area contributed by atoms with Gasteiger partial charge in [-0.3, -0.25) is 0 Å². The molecule has 0 unspecified atom stereocenters. The Kier molecular flexibility index (Phi) is 6.64. The SMILES string of the molecule is Cc1cccc(F)c1-c1cc(N[C@H]2CCCCN(C(=O)OC(C)(C)C)C2)c2cc(N)ncc2c1. The highest BCUT2D eigenvalue weighted by atomic mass is 19.1. The topological polar surface area (TPSA) is 80.5 Å². The van der Waals surface area contributed by atoms with Crippen molar-refractivity contribution in [1.29, 1.82) is 0 Å². The van der Waals surface area contributed by atoms with Crippen molar-refractivity contribution in [2.45, 2.75) is 58.6 Å². The van der Waals surface area contributed by atoms with E-state index in [1.807, 2.05) is 52.0 Å². The van der Waals surface area contributed by atoms with E-state index in [2.05, 4.69) is 10.3 Å². The molecule has 4 rings (SSSR count). The van der Waals surface area contributed by atoms with Crippen molar-refractivity contribution in [2.24, 2.45) is 0 Å². The van der Waals surface area contributed by atoms with Crippen LogP contribution in [0.4, 0.5) is 20.7 Å². The number of fused-ring (bicyclic) bond motifs is 1. The van der Waals surface area contributed by atoms with Gasteiger partial charge >= 0.3 is 6.09 Å². The molecule has 1 aliphatic rings. The number of carbonyl (C=O) groups is 1. The number of nitrogens with zero attached hydrogens (tertiary/aromatic N) is 2. The fourth-order valence-electron chi connectivity index (χ4n) is 4.51. The maximum atomic E-state index is 14.8. The molecule has 0 radical (unpaired) electrons. The van der Waals surface area contributed by atoms with Gasteiger partial charge < -0.3 is 20.7 Å². The van der Waals surface area contributed by atoms with E-state index >= 15 is 0 Å². The number of nitrogens with two attached hydrogens (primary N) is 1. The number of carbonyl (C=O) groups excluding carboxylic acids is 1. The smallest absolute Gasteiger partial charge is 0.410 e. The van der Waals surface area contributed by atoms with Crippen molar-refractivity contribution in [2.75, 3.05) is 24.1 Å². The third-order valence-electron chi connectivity index (χ3n) is 6.05. The lowest BCUT2D eigenvalue weighted by molar-refractivity contribution is 0.0252. The first-order chi connectivity index (χ1) is 16.1. The molecule has 1 saturated heterocycles. The number of aromatic nitrogens is 1. The van der Waals surface area contributed by atoms with Crippen LogP contribution in [0.2, 0.25) is 0 Å². The zero-order valence-corrected chi connectivity index (χ0v) is 20.3. The minimum absolute atomic E-state index is 0.0181. The van der Waals surface area contributed by atoms with Gasteiger partial charge in [-0.1, -0.05) is 12.1 Å². The van der Waals surface area contributed by atoms with Gasteiger partial charge in [0.15, 0.2) is 0 Å². The van der Waals surface area contributed by atoms with Crippen molar-refractivity contribution in [3.63, 3.8) is 0 Å². The maximum Gasteiger partial charge on any atom is 0.410 e. The Morgan fingerprint density at radius 2 is 2.03 bits per heavy atom. The summed E-state index contributed by atoms with van der Waals surface area (Å²) in [6, 6.07) is 10.9. The first-order valence-electron chi connectivity index (χ1n) is 11.8. The lowest BCUT2D eigenvalue weighted by Crippen LogP contribution is -2.42. The standard InChI is InChI=1S/C27H33FN4O2/c1-17-8-7-10-22(28)25(17)18-12-19-15-30-24(29)14-21(19)23(13-18)31-20-9-5-6-11-32(16-20)26(33)34-27(2,3)4/h7-8,10,12-15,20,31H,5-6,9,11,16H2,1-4H3,(H2,29,30)/t20-/m0/s1. The van der Waals surface area contributed by atoms with E-state index < -0.39 is 5.60 Å². The Hall–Kier alpha value is -3.35. The van der Waals surface area contributed by atoms with Gasteiger partial charge in [0, 0.05) is 47.4 Å². The Morgan fingerprint density at radius 3 is 2.76 bits per heavy atom. The number of anilines is 2. The number of benzene rings is 2. The van der Waals surface area contributed by atoms with Crippen LogP contribution in [0.5, 0.6) is 0 Å². The van der Waals surface area contributed by atoms with Crippen molar-refractivity contribution < 1.29 is 13.9 Å². The molecule has 3 N–H and O–H groups in total. The number of nitrogen functional groups attached to an aromatic ring is 1. The van der Waals surface area contributed by atoms with E-state index in [0.717, 1.165) is 46.8 Å². The third kappa shape index (κ3) is 5.41. The monoisotopic (exact) mass is 464 g/mol. The largest absolute Gasteiger partial charge is 0.444 e. The fraction of sp³-hybridized carbons (Fsp3) is 0.407. The summed E-state index contributed by atoms with van der Waals surface area (Å²) in [6.45, 7) is 8.72. The van der Waals surface area contributed by atoms with Crippen LogP contribution in [0.1, 0.15) is 45.6 Å². The molecule has 1 fully saturated rings. The molecule has 34 heavy (non-hydrogen) atoms. The summed E-state index contributed by atoms with van der Waals surface area (Å²) in [5, 5.41) is 5.42. The molecule has 1 aromatic heterocycles. The quantitative estimate of drug-likeness (QED) is 0.487. The first kappa shape index (κ1) is 23.8. The average Bonchev–Trinajstić information content (AvgIpc) is 2.99. The zero-order chi connectivity index (χ0) is 24.5. The summed E-state index contributed by atoms with van der Waals surface area (Å²) in [5.41, 5.74) is 8.51. The minimum Gasteiger partial charge on any atom is -0.444 e. The summed E-state index contributed by atoms with van der Waals surface area (Å²) >= 11 is 0. The van der Waals surface area contributed by atoms with E-state index in [1.165, 1.54) is 6.07 Å². The van der Waals surface area contributed by atoms with Crippen LogP contribution in [0, 0.1) is 12.7 Å². The molecular weight excluding hydrogens is 431 g/mol. The van der Waals surface area contributed by atoms with Gasteiger partial charge in [0.1, 0.15) is 17.2 Å². The molecule has 2 aromatic carbocycles. The van der Waals surface area contributed by atoms with Crippen molar-refractivity contribution in [3.05, 3.63) is 54.0 Å². The van der Waals surface area contributed by atoms with Crippen molar-refractivity contribution in [1.82, 2.24) is 9.88 Å². The second-order valence-corrected chi connectivity index (χ2v) is 10.0. The normalized spacial score (nSPS) is 16.9. The highest BCUT2D eigenvalue weighted by Gasteiger charge is 2.27. The predicted octanol–water partition coefficient (Wildman–Crippen LogP) is 6.13. The van der Waals surface area contributed by atoms with Gasteiger partial charge in [0.25, 0.3) is 0 Å². The van der Waals surface area contributed by atoms with Crippen LogP contribution < -0.4 is 11.1 Å². The molecule has 7 heteroatoms. The van der Waals surface area contributed by atoms with Crippen LogP contribution >= 0.6 is 0 Å². The van der Waals surface area contributed by atoms with Gasteiger partial charge in [-0.25, -0.2) is 14.2 Å². The predicted molar refractivity (Wildman–Crippen MR) is 135 cm³/mol. The van der Waals surface area contributed by atoms with Crippen molar-refractivity contribution in [3.8, 4) is 11.1 Å². The Morgan fingerprint density at radius 1 is 1.24 bits per heavy atom. The Labute approximate surface area is 200 Å². The highest BCUT2D eigenvalue weighted by Crippen LogP contribution is 2.35. The summed E-state index contributed by atoms with van der Waals surface area (Å²) in [6.07, 6.45) is 4.24. The van der Waals surface area contributed by atoms with Gasteiger partial charge in [-0.2, -0.15) is 0 Å². The maximum absolute atomic E-state index is 14.8. The molecule has 1 atom stereocenters. The van der Waals surface area contributed by atoms with Crippen LogP contribution in [0.3, 0.4) is 0 Å². The van der Waals surface area contributed by atoms with Crippen LogP contribution in [0.15, 0.2) is 42.6 Å². The van der Waals surface area contributed by atoms with Gasteiger partial charge in [0.2, 0.25) is 0 Å². The number of halogens is 1. The first-order valence-corrected chi connectivity index (χ1v) is 11.8. The van der Waals surface area contributed by atoms with E-state index in [-0.39, 0.29) is 18.0 Å². The number of ether oxygens (including phenoxy) is 1.